The molecule has 0 fully saturated rings. The number of nitrogens with one attached hydrogen (secondary N) is 1. The van der Waals surface area contributed by atoms with Crippen molar-refractivity contribution in [3.63, 3.8) is 0 Å². The van der Waals surface area contributed by atoms with Gasteiger partial charge in [0, 0.05) is 12.5 Å². The predicted molar refractivity (Wildman–Crippen MR) is 133 cm³/mol. The molecule has 190 valence electrons. The summed E-state index contributed by atoms with van der Waals surface area (Å²) in [5.41, 5.74) is 1.21. The zero-order valence-electron chi connectivity index (χ0n) is 20.5. The van der Waals surface area contributed by atoms with Gasteiger partial charge in [0.05, 0.1) is 24.2 Å². The molecule has 1 amide bonds. The molecule has 1 aliphatic heterocycles. The molecule has 1 aromatic heterocycles. The fraction of sp³-hybridized carbons (Fsp3) is 0.370. The van der Waals surface area contributed by atoms with Crippen molar-refractivity contribution in [3.8, 4) is 28.4 Å². The van der Waals surface area contributed by atoms with Crippen LogP contribution in [0, 0.1) is 12.8 Å². The zero-order valence-corrected chi connectivity index (χ0v) is 20.5. The third kappa shape index (κ3) is 5.30. The lowest BCUT2D eigenvalue weighted by atomic mass is 9.99. The Kier molecular flexibility index (Phi) is 7.47. The molecule has 0 spiro atoms. The van der Waals surface area contributed by atoms with Crippen molar-refractivity contribution in [1.29, 1.82) is 0 Å². The number of hydrogen-bond donors (Lipinski definition) is 2. The van der Waals surface area contributed by atoms with Crippen molar-refractivity contribution in [1.82, 2.24) is 5.32 Å². The molecule has 36 heavy (non-hydrogen) atoms. The lowest BCUT2D eigenvalue weighted by Crippen LogP contribution is -2.46. The van der Waals surface area contributed by atoms with Gasteiger partial charge in [-0.25, -0.2) is 4.79 Å². The number of carboxylic acid groups (broad SMARTS) is 1. The molecule has 2 unspecified atom stereocenters. The summed E-state index contributed by atoms with van der Waals surface area (Å²) >= 11 is 0. The van der Waals surface area contributed by atoms with Crippen molar-refractivity contribution in [2.75, 3.05) is 19.8 Å². The number of fused-ring (bicyclic) bond motifs is 2. The third-order valence-corrected chi connectivity index (χ3v) is 6.24. The molecule has 2 heterocycles. The minimum Gasteiger partial charge on any atom is -0.490 e. The Balaban J connectivity index is 1.54. The van der Waals surface area contributed by atoms with Gasteiger partial charge in [-0.05, 0) is 42.7 Å². The second-order valence-corrected chi connectivity index (χ2v) is 8.79. The number of amides is 1. The Morgan fingerprint density at radius 2 is 1.86 bits per heavy atom. The molecule has 0 saturated heterocycles. The molecule has 9 nitrogen and oxygen atoms in total. The fourth-order valence-electron chi connectivity index (χ4n) is 4.08. The quantitative estimate of drug-likeness (QED) is 0.482. The molecule has 0 aliphatic carbocycles. The molecule has 4 rings (SSSR count). The molecule has 2 aromatic carbocycles. The second kappa shape index (κ2) is 10.7. The van der Waals surface area contributed by atoms with Crippen LogP contribution in [0.1, 0.15) is 32.4 Å². The van der Waals surface area contributed by atoms with Crippen LogP contribution in [0.15, 0.2) is 45.6 Å². The van der Waals surface area contributed by atoms with Crippen LogP contribution in [0.2, 0.25) is 0 Å². The van der Waals surface area contributed by atoms with E-state index < -0.39 is 17.9 Å². The van der Waals surface area contributed by atoms with Crippen LogP contribution < -0.4 is 25.0 Å². The molecule has 9 heteroatoms. The van der Waals surface area contributed by atoms with Crippen molar-refractivity contribution < 1.29 is 33.3 Å². The number of hydrogen-bond acceptors (Lipinski definition) is 7. The third-order valence-electron chi connectivity index (χ3n) is 6.24. The second-order valence-electron chi connectivity index (χ2n) is 8.79. The van der Waals surface area contributed by atoms with Crippen molar-refractivity contribution in [2.45, 2.75) is 39.7 Å². The zero-order chi connectivity index (χ0) is 25.8. The maximum Gasteiger partial charge on any atom is 0.326 e. The first kappa shape index (κ1) is 25.1. The summed E-state index contributed by atoms with van der Waals surface area (Å²) in [6.45, 7) is 6.07. The van der Waals surface area contributed by atoms with Gasteiger partial charge in [-0.3, -0.25) is 9.59 Å². The van der Waals surface area contributed by atoms with Crippen LogP contribution in [0.3, 0.4) is 0 Å². The van der Waals surface area contributed by atoms with Gasteiger partial charge in [0.2, 0.25) is 5.43 Å². The highest BCUT2D eigenvalue weighted by molar-refractivity contribution is 5.86. The number of carboxylic acids is 1. The molecule has 2 N–H and O–H groups in total. The number of benzene rings is 2. The summed E-state index contributed by atoms with van der Waals surface area (Å²) in [7, 11) is 0. The number of ether oxygens (including phenoxy) is 3. The van der Waals surface area contributed by atoms with E-state index in [9.17, 15) is 19.5 Å². The van der Waals surface area contributed by atoms with E-state index in [0.29, 0.717) is 64.7 Å². The summed E-state index contributed by atoms with van der Waals surface area (Å²) in [4.78, 5) is 37.0. The van der Waals surface area contributed by atoms with E-state index in [-0.39, 0.29) is 18.0 Å². The van der Waals surface area contributed by atoms with Crippen LogP contribution in [0.4, 0.5) is 0 Å². The van der Waals surface area contributed by atoms with Crippen LogP contribution in [-0.2, 0) is 9.59 Å². The smallest absolute Gasteiger partial charge is 0.326 e. The maximum atomic E-state index is 13.3. The highest BCUT2D eigenvalue weighted by atomic mass is 16.5. The first-order valence-corrected chi connectivity index (χ1v) is 11.9. The van der Waals surface area contributed by atoms with Gasteiger partial charge in [0.15, 0.2) is 18.1 Å². The lowest BCUT2D eigenvalue weighted by molar-refractivity contribution is -0.143. The first-order valence-electron chi connectivity index (χ1n) is 11.9. The largest absolute Gasteiger partial charge is 0.490 e. The molecular weight excluding hydrogens is 466 g/mol. The lowest BCUT2D eigenvalue weighted by Gasteiger charge is -2.20. The van der Waals surface area contributed by atoms with E-state index in [0.717, 1.165) is 6.42 Å². The average Bonchev–Trinajstić information content (AvgIpc) is 3.10. The fourth-order valence-corrected chi connectivity index (χ4v) is 4.08. The van der Waals surface area contributed by atoms with Crippen LogP contribution >= 0.6 is 0 Å². The Morgan fingerprint density at radius 1 is 1.11 bits per heavy atom. The topological polar surface area (TPSA) is 124 Å². The summed E-state index contributed by atoms with van der Waals surface area (Å²) < 4.78 is 22.9. The van der Waals surface area contributed by atoms with Gasteiger partial charge in [0.1, 0.15) is 23.1 Å². The number of aryl methyl sites for hydroxylation is 1. The van der Waals surface area contributed by atoms with E-state index in [4.69, 9.17) is 18.6 Å². The van der Waals surface area contributed by atoms with E-state index in [1.54, 1.807) is 44.2 Å². The van der Waals surface area contributed by atoms with Gasteiger partial charge in [-0.2, -0.15) is 0 Å². The van der Waals surface area contributed by atoms with Crippen LogP contribution in [0.25, 0.3) is 22.1 Å². The SMILES string of the molecule is CCC(C)C(NC(=O)COc1ccc2c(=O)c(-c3ccc4c(c3)OCCCO4)c(C)oc2c1)C(=O)O. The minimum atomic E-state index is -1.09. The first-order chi connectivity index (χ1) is 17.3. The Labute approximate surface area is 208 Å². The Hall–Kier alpha value is -4.01. The summed E-state index contributed by atoms with van der Waals surface area (Å²) in [6.07, 6.45) is 1.39. The highest BCUT2D eigenvalue weighted by Gasteiger charge is 2.25. The molecule has 0 bridgehead atoms. The average molecular weight is 496 g/mol. The molecule has 0 radical (unpaired) electrons. The number of carbonyl (C=O) groups excluding carboxylic acids is 1. The molecule has 1 aliphatic rings. The van der Waals surface area contributed by atoms with Gasteiger partial charge in [0.25, 0.3) is 5.91 Å². The van der Waals surface area contributed by atoms with Crippen molar-refractivity contribution in [3.05, 3.63) is 52.4 Å². The normalized spacial score (nSPS) is 14.5. The number of rotatable bonds is 8. The van der Waals surface area contributed by atoms with E-state index in [2.05, 4.69) is 5.32 Å². The van der Waals surface area contributed by atoms with Crippen LogP contribution in [0.5, 0.6) is 17.2 Å². The minimum absolute atomic E-state index is 0.203. The molecular formula is C27H29NO8. The van der Waals surface area contributed by atoms with Gasteiger partial charge in [-0.15, -0.1) is 0 Å². The maximum absolute atomic E-state index is 13.3. The van der Waals surface area contributed by atoms with Crippen LogP contribution in [-0.4, -0.2) is 42.8 Å². The van der Waals surface area contributed by atoms with Gasteiger partial charge in [-0.1, -0.05) is 26.3 Å². The van der Waals surface area contributed by atoms with Gasteiger partial charge >= 0.3 is 5.97 Å². The number of carbonyl (C=O) groups is 2. The molecule has 2 atom stereocenters. The van der Waals surface area contributed by atoms with E-state index >= 15 is 0 Å². The van der Waals surface area contributed by atoms with Gasteiger partial charge < -0.3 is 29.1 Å². The predicted octanol–water partition coefficient (Wildman–Crippen LogP) is 3.92. The van der Waals surface area contributed by atoms with E-state index in [1.165, 1.54) is 6.07 Å². The Morgan fingerprint density at radius 3 is 2.58 bits per heavy atom. The highest BCUT2D eigenvalue weighted by Crippen LogP contribution is 2.35. The Bertz CT molecular complexity index is 1350. The standard InChI is InChI=1S/C27H29NO8/c1-4-15(2)25(27(31)32)28-23(29)14-35-18-7-8-19-21(13-18)36-16(3)24(26(19)30)17-6-9-20-22(12-17)34-11-5-10-33-20/h6-9,12-13,15,25H,4-5,10-11,14H2,1-3H3,(H,28,29)(H,31,32). The monoisotopic (exact) mass is 495 g/mol. The van der Waals surface area contributed by atoms with E-state index in [1.807, 2.05) is 6.92 Å². The summed E-state index contributed by atoms with van der Waals surface area (Å²) in [5.74, 6) is 0.106. The summed E-state index contributed by atoms with van der Waals surface area (Å²) in [6, 6.07) is 9.08. The molecule has 0 saturated carbocycles. The number of aliphatic carboxylic acids is 1. The van der Waals surface area contributed by atoms with Crippen molar-refractivity contribution >= 4 is 22.8 Å². The summed E-state index contributed by atoms with van der Waals surface area (Å²) in [5, 5.41) is 12.2. The molecule has 3 aromatic rings. The van der Waals surface area contributed by atoms with Crippen molar-refractivity contribution in [2.24, 2.45) is 5.92 Å².